The molecule has 1 atom stereocenters. The third-order valence-electron chi connectivity index (χ3n) is 4.44. The Morgan fingerprint density at radius 3 is 2.68 bits per heavy atom. The molecule has 0 saturated carbocycles. The Morgan fingerprint density at radius 1 is 1.14 bits per heavy atom. The quantitative estimate of drug-likeness (QED) is 0.485. The number of aryl methyl sites for hydroxylation is 1. The van der Waals surface area contributed by atoms with Crippen LogP contribution in [0.1, 0.15) is 29.8 Å². The summed E-state index contributed by atoms with van der Waals surface area (Å²) in [5.74, 6) is 2.21. The van der Waals surface area contributed by atoms with E-state index in [1.165, 1.54) is 11.1 Å². The maximum Gasteiger partial charge on any atom is 0.276 e. The minimum absolute atomic E-state index is 0.386. The number of aliphatic imine (C=N–C) groups is 1. The summed E-state index contributed by atoms with van der Waals surface area (Å²) in [5.41, 5.74) is 3.26. The molecule has 0 radical (unpaired) electrons. The molecule has 28 heavy (non-hydrogen) atoms. The molecule has 0 amide bonds. The van der Waals surface area contributed by atoms with Crippen molar-refractivity contribution in [2.75, 3.05) is 20.1 Å². The first-order valence-corrected chi connectivity index (χ1v) is 9.41. The molecule has 2 N–H and O–H groups in total. The summed E-state index contributed by atoms with van der Waals surface area (Å²) in [6.45, 7) is 5.75. The van der Waals surface area contributed by atoms with Crippen LogP contribution in [0, 0.1) is 6.92 Å². The Balaban J connectivity index is 1.44. The average molecular weight is 378 g/mol. The van der Waals surface area contributed by atoms with Crippen LogP contribution in [0.15, 0.2) is 58.2 Å². The van der Waals surface area contributed by atoms with Crippen LogP contribution in [0.4, 0.5) is 0 Å². The molecule has 0 aliphatic carbocycles. The van der Waals surface area contributed by atoms with Crippen molar-refractivity contribution in [3.8, 4) is 11.6 Å². The van der Waals surface area contributed by atoms with Gasteiger partial charge >= 0.3 is 0 Å². The highest BCUT2D eigenvalue weighted by Crippen LogP contribution is 2.15. The molecular weight excluding hydrogens is 352 g/mol. The number of rotatable bonds is 7. The highest BCUT2D eigenvalue weighted by Gasteiger charge is 2.10. The van der Waals surface area contributed by atoms with Crippen molar-refractivity contribution >= 4 is 5.96 Å². The summed E-state index contributed by atoms with van der Waals surface area (Å²) in [7, 11) is 1.76. The van der Waals surface area contributed by atoms with Gasteiger partial charge in [-0.15, -0.1) is 0 Å². The lowest BCUT2D eigenvalue weighted by atomic mass is 10.0. The van der Waals surface area contributed by atoms with E-state index in [2.05, 4.69) is 68.9 Å². The number of guanidine groups is 1. The molecule has 146 valence electrons. The molecule has 0 aliphatic rings. The molecule has 2 aromatic heterocycles. The highest BCUT2D eigenvalue weighted by molar-refractivity contribution is 5.79. The maximum absolute atomic E-state index is 5.27. The second-order valence-electron chi connectivity index (χ2n) is 6.67. The number of hydrogen-bond donors (Lipinski definition) is 2. The predicted octanol–water partition coefficient (Wildman–Crippen LogP) is 2.95. The van der Waals surface area contributed by atoms with Gasteiger partial charge in [0.2, 0.25) is 0 Å². The Hall–Kier alpha value is -3.22. The monoisotopic (exact) mass is 378 g/mol. The van der Waals surface area contributed by atoms with E-state index in [0.717, 1.165) is 12.5 Å². The first kappa shape index (κ1) is 19.5. The van der Waals surface area contributed by atoms with Crippen molar-refractivity contribution in [1.29, 1.82) is 0 Å². The van der Waals surface area contributed by atoms with Gasteiger partial charge < -0.3 is 15.2 Å². The van der Waals surface area contributed by atoms with E-state index < -0.39 is 0 Å². The molecule has 0 spiro atoms. The zero-order chi connectivity index (χ0) is 19.8. The van der Waals surface area contributed by atoms with Crippen LogP contribution in [-0.4, -0.2) is 41.2 Å². The molecule has 0 saturated heterocycles. The number of aromatic nitrogens is 3. The highest BCUT2D eigenvalue weighted by atomic mass is 16.5. The molecule has 3 rings (SSSR count). The standard InChI is InChI=1S/C21H26N6O/c1-15-7-9-17(10-8-15)16(2)14-25-21(22-3)24-13-11-19-26-20(28-27-19)18-6-4-5-12-23-18/h4-10,12,16H,11,13-14H2,1-3H3,(H2,22,24,25). The fourth-order valence-electron chi connectivity index (χ4n) is 2.72. The normalized spacial score (nSPS) is 12.6. The lowest BCUT2D eigenvalue weighted by Gasteiger charge is -2.16. The van der Waals surface area contributed by atoms with Crippen molar-refractivity contribution in [2.24, 2.45) is 4.99 Å². The van der Waals surface area contributed by atoms with Gasteiger partial charge in [0, 0.05) is 32.8 Å². The van der Waals surface area contributed by atoms with E-state index in [-0.39, 0.29) is 0 Å². The first-order valence-electron chi connectivity index (χ1n) is 9.41. The maximum atomic E-state index is 5.27. The molecular formula is C21H26N6O. The largest absolute Gasteiger partial charge is 0.356 e. The Kier molecular flexibility index (Phi) is 6.73. The smallest absolute Gasteiger partial charge is 0.276 e. The van der Waals surface area contributed by atoms with Gasteiger partial charge in [-0.3, -0.25) is 9.98 Å². The van der Waals surface area contributed by atoms with Gasteiger partial charge in [0.25, 0.3) is 5.89 Å². The van der Waals surface area contributed by atoms with Crippen LogP contribution in [0.25, 0.3) is 11.6 Å². The predicted molar refractivity (Wildman–Crippen MR) is 110 cm³/mol. The minimum atomic E-state index is 0.386. The first-order chi connectivity index (χ1) is 13.7. The lowest BCUT2D eigenvalue weighted by Crippen LogP contribution is -2.40. The number of hydrogen-bond acceptors (Lipinski definition) is 5. The van der Waals surface area contributed by atoms with E-state index in [4.69, 9.17) is 4.52 Å². The van der Waals surface area contributed by atoms with Crippen LogP contribution in [0.2, 0.25) is 0 Å². The Morgan fingerprint density at radius 2 is 1.96 bits per heavy atom. The van der Waals surface area contributed by atoms with E-state index in [0.29, 0.717) is 36.3 Å². The fourth-order valence-corrected chi connectivity index (χ4v) is 2.72. The van der Waals surface area contributed by atoms with Gasteiger partial charge in [-0.05, 0) is 30.5 Å². The second kappa shape index (κ2) is 9.64. The molecule has 0 aliphatic heterocycles. The van der Waals surface area contributed by atoms with Crippen LogP contribution in [0.3, 0.4) is 0 Å². The van der Waals surface area contributed by atoms with Crippen molar-refractivity contribution in [2.45, 2.75) is 26.2 Å². The van der Waals surface area contributed by atoms with Crippen molar-refractivity contribution in [3.63, 3.8) is 0 Å². The topological polar surface area (TPSA) is 88.2 Å². The molecule has 0 bridgehead atoms. The van der Waals surface area contributed by atoms with Crippen LogP contribution in [-0.2, 0) is 6.42 Å². The van der Waals surface area contributed by atoms with Crippen LogP contribution < -0.4 is 10.6 Å². The van der Waals surface area contributed by atoms with Gasteiger partial charge in [0.15, 0.2) is 11.8 Å². The molecule has 0 fully saturated rings. The van der Waals surface area contributed by atoms with Gasteiger partial charge in [-0.25, -0.2) is 0 Å². The third kappa shape index (κ3) is 5.39. The summed E-state index contributed by atoms with van der Waals surface area (Å²) < 4.78 is 5.27. The lowest BCUT2D eigenvalue weighted by molar-refractivity contribution is 0.421. The zero-order valence-electron chi connectivity index (χ0n) is 16.5. The van der Waals surface area contributed by atoms with Gasteiger partial charge in [0.1, 0.15) is 5.69 Å². The molecule has 1 aromatic carbocycles. The molecule has 3 aromatic rings. The molecule has 7 nitrogen and oxygen atoms in total. The van der Waals surface area contributed by atoms with Crippen LogP contribution in [0.5, 0.6) is 0 Å². The number of benzene rings is 1. The fraction of sp³-hybridized carbons (Fsp3) is 0.333. The summed E-state index contributed by atoms with van der Waals surface area (Å²) in [6.07, 6.45) is 2.33. The van der Waals surface area contributed by atoms with Gasteiger partial charge in [-0.2, -0.15) is 4.98 Å². The summed E-state index contributed by atoms with van der Waals surface area (Å²) in [5, 5.41) is 10.7. The van der Waals surface area contributed by atoms with Crippen LogP contribution >= 0.6 is 0 Å². The molecule has 1 unspecified atom stereocenters. The second-order valence-corrected chi connectivity index (χ2v) is 6.67. The van der Waals surface area contributed by atoms with E-state index in [1.54, 1.807) is 13.2 Å². The van der Waals surface area contributed by atoms with E-state index >= 15 is 0 Å². The summed E-state index contributed by atoms with van der Waals surface area (Å²) >= 11 is 0. The number of nitrogens with one attached hydrogen (secondary N) is 2. The van der Waals surface area contributed by atoms with Crippen molar-refractivity contribution in [1.82, 2.24) is 25.8 Å². The van der Waals surface area contributed by atoms with Crippen molar-refractivity contribution in [3.05, 3.63) is 65.6 Å². The van der Waals surface area contributed by atoms with E-state index in [9.17, 15) is 0 Å². The number of pyridine rings is 1. The minimum Gasteiger partial charge on any atom is -0.356 e. The van der Waals surface area contributed by atoms with Crippen molar-refractivity contribution < 1.29 is 4.52 Å². The Bertz CT molecular complexity index is 889. The Labute approximate surface area is 165 Å². The van der Waals surface area contributed by atoms with Gasteiger partial charge in [-0.1, -0.05) is 48.0 Å². The third-order valence-corrected chi connectivity index (χ3v) is 4.44. The summed E-state index contributed by atoms with van der Waals surface area (Å²) in [4.78, 5) is 12.9. The summed E-state index contributed by atoms with van der Waals surface area (Å²) in [6, 6.07) is 14.2. The molecule has 7 heteroatoms. The SMILES string of the molecule is CN=C(NCCc1noc(-c2ccccn2)n1)NCC(C)c1ccc(C)cc1. The average Bonchev–Trinajstić information content (AvgIpc) is 3.20. The molecule has 2 heterocycles. The van der Waals surface area contributed by atoms with Gasteiger partial charge in [0.05, 0.1) is 0 Å². The van der Waals surface area contributed by atoms with E-state index in [1.807, 2.05) is 18.2 Å². The zero-order valence-corrected chi connectivity index (χ0v) is 16.5. The number of nitrogens with zero attached hydrogens (tertiary/aromatic N) is 4.